The summed E-state index contributed by atoms with van der Waals surface area (Å²) in [5.41, 5.74) is 1.60. The average molecular weight is 335 g/mol. The number of rotatable bonds is 1. The largest absolute Gasteiger partial charge is 0.422 e. The summed E-state index contributed by atoms with van der Waals surface area (Å²) < 4.78 is 6.12. The molecule has 1 aliphatic rings. The fourth-order valence-corrected chi connectivity index (χ4v) is 3.90. The summed E-state index contributed by atoms with van der Waals surface area (Å²) in [4.78, 5) is 0.942. The SMILES string of the molecule is CC(C)(C)c1[nH]nc2c1C(c1ccc(Cl)s1)C(C#N)C(=N)O2. The van der Waals surface area contributed by atoms with E-state index in [1.165, 1.54) is 11.3 Å². The molecule has 0 spiro atoms. The smallest absolute Gasteiger partial charge is 0.243 e. The Morgan fingerprint density at radius 1 is 1.45 bits per heavy atom. The van der Waals surface area contributed by atoms with Gasteiger partial charge < -0.3 is 4.74 Å². The van der Waals surface area contributed by atoms with Gasteiger partial charge in [-0.05, 0) is 12.1 Å². The topological polar surface area (TPSA) is 85.5 Å². The number of aromatic nitrogens is 2. The van der Waals surface area contributed by atoms with Gasteiger partial charge in [0.15, 0.2) is 0 Å². The molecule has 22 heavy (non-hydrogen) atoms. The molecule has 0 amide bonds. The summed E-state index contributed by atoms with van der Waals surface area (Å²) in [6.07, 6.45) is 0. The van der Waals surface area contributed by atoms with Gasteiger partial charge >= 0.3 is 0 Å². The van der Waals surface area contributed by atoms with Crippen LogP contribution in [-0.2, 0) is 5.41 Å². The van der Waals surface area contributed by atoms with Gasteiger partial charge in [0.25, 0.3) is 0 Å². The first-order valence-electron chi connectivity index (χ1n) is 6.83. The molecule has 1 aliphatic heterocycles. The quantitative estimate of drug-likeness (QED) is 0.824. The molecule has 0 radical (unpaired) electrons. The van der Waals surface area contributed by atoms with E-state index >= 15 is 0 Å². The van der Waals surface area contributed by atoms with Gasteiger partial charge in [0, 0.05) is 21.5 Å². The predicted octanol–water partition coefficient (Wildman–Crippen LogP) is 4.06. The summed E-state index contributed by atoms with van der Waals surface area (Å²) in [5, 5.41) is 24.7. The standard InChI is InChI=1S/C15H15ClN4OS/c1-15(2,3)12-11-10(8-4-5-9(16)22-8)7(6-17)13(18)21-14(11)20-19-12/h4-5,7,10,18H,1-3H3,(H,19,20). The van der Waals surface area contributed by atoms with Crippen molar-refractivity contribution in [2.75, 3.05) is 0 Å². The fraction of sp³-hybridized carbons (Fsp3) is 0.400. The lowest BCUT2D eigenvalue weighted by Crippen LogP contribution is -2.31. The molecular formula is C15H15ClN4OS. The first-order valence-corrected chi connectivity index (χ1v) is 8.02. The predicted molar refractivity (Wildman–Crippen MR) is 85.9 cm³/mol. The lowest BCUT2D eigenvalue weighted by Gasteiger charge is -2.29. The number of nitrogens with one attached hydrogen (secondary N) is 2. The van der Waals surface area contributed by atoms with Crippen LogP contribution in [0.2, 0.25) is 4.34 Å². The molecule has 7 heteroatoms. The molecule has 0 aliphatic carbocycles. The number of fused-ring (bicyclic) bond motifs is 1. The minimum atomic E-state index is -0.680. The third-order valence-corrected chi connectivity index (χ3v) is 5.01. The van der Waals surface area contributed by atoms with Gasteiger partial charge in [0.05, 0.1) is 16.3 Å². The number of ether oxygens (including phenoxy) is 1. The van der Waals surface area contributed by atoms with Crippen LogP contribution in [0.15, 0.2) is 12.1 Å². The van der Waals surface area contributed by atoms with Crippen LogP contribution in [0.1, 0.15) is 42.8 Å². The number of aromatic amines is 1. The van der Waals surface area contributed by atoms with Crippen LogP contribution < -0.4 is 4.74 Å². The molecule has 2 atom stereocenters. The van der Waals surface area contributed by atoms with Crippen molar-refractivity contribution in [3.8, 4) is 11.9 Å². The van der Waals surface area contributed by atoms with Crippen molar-refractivity contribution in [3.05, 3.63) is 32.6 Å². The first kappa shape index (κ1) is 15.1. The van der Waals surface area contributed by atoms with E-state index in [-0.39, 0.29) is 17.2 Å². The van der Waals surface area contributed by atoms with E-state index in [0.717, 1.165) is 16.1 Å². The summed E-state index contributed by atoms with van der Waals surface area (Å²) >= 11 is 7.49. The van der Waals surface area contributed by atoms with E-state index in [0.29, 0.717) is 10.2 Å². The third-order valence-electron chi connectivity index (χ3n) is 3.69. The minimum absolute atomic E-state index is 0.0727. The van der Waals surface area contributed by atoms with Gasteiger partial charge in [0.1, 0.15) is 5.92 Å². The molecule has 0 saturated carbocycles. The second kappa shape index (κ2) is 5.11. The van der Waals surface area contributed by atoms with Crippen LogP contribution >= 0.6 is 22.9 Å². The minimum Gasteiger partial charge on any atom is -0.422 e. The van der Waals surface area contributed by atoms with Crippen molar-refractivity contribution in [2.45, 2.75) is 32.1 Å². The van der Waals surface area contributed by atoms with Crippen molar-refractivity contribution in [2.24, 2.45) is 5.92 Å². The average Bonchev–Trinajstić information content (AvgIpc) is 3.02. The number of nitriles is 1. The van der Waals surface area contributed by atoms with Crippen LogP contribution in [0.3, 0.4) is 0 Å². The molecule has 0 fully saturated rings. The summed E-state index contributed by atoms with van der Waals surface area (Å²) in [6.45, 7) is 6.21. The summed E-state index contributed by atoms with van der Waals surface area (Å²) in [6, 6.07) is 5.91. The molecule has 2 N–H and O–H groups in total. The number of nitrogens with zero attached hydrogens (tertiary/aromatic N) is 2. The van der Waals surface area contributed by atoms with Gasteiger partial charge in [-0.3, -0.25) is 10.5 Å². The van der Waals surface area contributed by atoms with E-state index in [9.17, 15) is 5.26 Å². The summed E-state index contributed by atoms with van der Waals surface area (Å²) in [5.74, 6) is -0.653. The number of thiophene rings is 1. The van der Waals surface area contributed by atoms with Crippen molar-refractivity contribution in [1.29, 1.82) is 10.7 Å². The zero-order chi connectivity index (χ0) is 16.1. The van der Waals surface area contributed by atoms with Crippen molar-refractivity contribution >= 4 is 28.8 Å². The molecule has 3 heterocycles. The molecule has 0 saturated heterocycles. The van der Waals surface area contributed by atoms with E-state index in [4.69, 9.17) is 21.7 Å². The van der Waals surface area contributed by atoms with Crippen LogP contribution in [0.25, 0.3) is 0 Å². The number of hydrogen-bond acceptors (Lipinski definition) is 5. The van der Waals surface area contributed by atoms with Crippen LogP contribution in [0.4, 0.5) is 0 Å². The van der Waals surface area contributed by atoms with Crippen LogP contribution in [0.5, 0.6) is 5.88 Å². The second-order valence-electron chi connectivity index (χ2n) is 6.26. The molecule has 3 rings (SSSR count). The Morgan fingerprint density at radius 2 is 2.18 bits per heavy atom. The maximum Gasteiger partial charge on any atom is 0.243 e. The van der Waals surface area contributed by atoms with E-state index in [2.05, 4.69) is 37.0 Å². The van der Waals surface area contributed by atoms with Gasteiger partial charge in [-0.15, -0.1) is 16.4 Å². The molecule has 114 valence electrons. The lowest BCUT2D eigenvalue weighted by molar-refractivity contribution is 0.435. The van der Waals surface area contributed by atoms with E-state index < -0.39 is 5.92 Å². The first-order chi connectivity index (χ1) is 10.3. The highest BCUT2D eigenvalue weighted by Crippen LogP contribution is 2.47. The third kappa shape index (κ3) is 2.31. The highest BCUT2D eigenvalue weighted by Gasteiger charge is 2.42. The van der Waals surface area contributed by atoms with E-state index in [1.807, 2.05) is 12.1 Å². The molecule has 0 bridgehead atoms. The van der Waals surface area contributed by atoms with E-state index in [1.54, 1.807) is 0 Å². The Kier molecular flexibility index (Phi) is 3.50. The maximum absolute atomic E-state index is 9.53. The molecule has 0 aromatic carbocycles. The monoisotopic (exact) mass is 334 g/mol. The van der Waals surface area contributed by atoms with Crippen LogP contribution in [0, 0.1) is 22.7 Å². The van der Waals surface area contributed by atoms with Gasteiger partial charge in [-0.2, -0.15) is 5.26 Å². The molecule has 2 unspecified atom stereocenters. The van der Waals surface area contributed by atoms with Crippen molar-refractivity contribution < 1.29 is 4.74 Å². The number of hydrogen-bond donors (Lipinski definition) is 2. The number of halogens is 1. The van der Waals surface area contributed by atoms with Gasteiger partial charge in [0.2, 0.25) is 11.8 Å². The Labute approximate surface area is 137 Å². The zero-order valence-corrected chi connectivity index (χ0v) is 14.0. The Morgan fingerprint density at radius 3 is 2.73 bits per heavy atom. The normalized spacial score (nSPS) is 21.1. The fourth-order valence-electron chi connectivity index (χ4n) is 2.69. The second-order valence-corrected chi connectivity index (χ2v) is 8.01. The van der Waals surface area contributed by atoms with Gasteiger partial charge in [-0.1, -0.05) is 32.4 Å². The summed E-state index contributed by atoms with van der Waals surface area (Å²) in [7, 11) is 0. The lowest BCUT2D eigenvalue weighted by atomic mass is 9.78. The highest BCUT2D eigenvalue weighted by molar-refractivity contribution is 7.16. The maximum atomic E-state index is 9.53. The Hall–Kier alpha value is -1.84. The number of H-pyrrole nitrogens is 1. The Balaban J connectivity index is 2.24. The molecular weight excluding hydrogens is 320 g/mol. The molecule has 5 nitrogen and oxygen atoms in total. The molecule has 2 aromatic rings. The Bertz CT molecular complexity index is 780. The molecule has 2 aromatic heterocycles. The van der Waals surface area contributed by atoms with Crippen molar-refractivity contribution in [1.82, 2.24) is 10.2 Å². The highest BCUT2D eigenvalue weighted by atomic mass is 35.5. The van der Waals surface area contributed by atoms with Crippen LogP contribution in [-0.4, -0.2) is 16.1 Å². The van der Waals surface area contributed by atoms with Gasteiger partial charge in [-0.25, -0.2) is 0 Å². The zero-order valence-electron chi connectivity index (χ0n) is 12.4. The van der Waals surface area contributed by atoms with Crippen molar-refractivity contribution in [3.63, 3.8) is 0 Å².